The molecule has 0 aliphatic carbocycles. The maximum absolute atomic E-state index is 11.9. The van der Waals surface area contributed by atoms with Gasteiger partial charge in [-0.1, -0.05) is 30.3 Å². The van der Waals surface area contributed by atoms with Crippen LogP contribution in [-0.4, -0.2) is 41.8 Å². The van der Waals surface area contributed by atoms with Gasteiger partial charge < -0.3 is 0 Å². The van der Waals surface area contributed by atoms with E-state index < -0.39 is 0 Å². The number of rotatable bonds is 2. The molecular formula is C14H16N2O2. The Labute approximate surface area is 106 Å². The Morgan fingerprint density at radius 2 is 1.61 bits per heavy atom. The first kappa shape index (κ1) is 11.4. The van der Waals surface area contributed by atoms with Crippen molar-refractivity contribution in [2.45, 2.75) is 6.54 Å². The van der Waals surface area contributed by atoms with Gasteiger partial charge in [-0.05, 0) is 5.56 Å². The number of carbonyl (C=O) groups excluding carboxylic acids is 2. The highest BCUT2D eigenvalue weighted by Crippen LogP contribution is 2.33. The molecule has 18 heavy (non-hydrogen) atoms. The van der Waals surface area contributed by atoms with E-state index in [1.54, 1.807) is 7.05 Å². The number of benzene rings is 1. The van der Waals surface area contributed by atoms with Crippen LogP contribution >= 0.6 is 0 Å². The standard InChI is InChI=1S/C14H16N2O2/c1-15-13(17)11-8-16(9-12(11)14(15)18)7-10-5-3-2-4-6-10/h2-6,11-12H,7-9H2,1H3/t11-,12+. The molecule has 0 unspecified atom stereocenters. The molecule has 0 spiro atoms. The Balaban J connectivity index is 1.70. The number of carbonyl (C=O) groups is 2. The highest BCUT2D eigenvalue weighted by molar-refractivity contribution is 6.05. The summed E-state index contributed by atoms with van der Waals surface area (Å²) in [4.78, 5) is 27.2. The van der Waals surface area contributed by atoms with Gasteiger partial charge >= 0.3 is 0 Å². The molecule has 2 heterocycles. The molecule has 1 aromatic rings. The second-order valence-corrected chi connectivity index (χ2v) is 5.13. The van der Waals surface area contributed by atoms with E-state index in [9.17, 15) is 9.59 Å². The number of amides is 2. The Hall–Kier alpha value is -1.68. The first-order chi connectivity index (χ1) is 8.66. The van der Waals surface area contributed by atoms with Crippen molar-refractivity contribution in [1.82, 2.24) is 9.80 Å². The lowest BCUT2D eigenvalue weighted by Crippen LogP contribution is -2.32. The van der Waals surface area contributed by atoms with E-state index in [0.29, 0.717) is 13.1 Å². The molecular weight excluding hydrogens is 228 g/mol. The van der Waals surface area contributed by atoms with Gasteiger partial charge in [0.2, 0.25) is 11.8 Å². The van der Waals surface area contributed by atoms with Crippen LogP contribution in [0.5, 0.6) is 0 Å². The summed E-state index contributed by atoms with van der Waals surface area (Å²) in [5, 5.41) is 0. The molecule has 2 fully saturated rings. The fourth-order valence-corrected chi connectivity index (χ4v) is 2.96. The summed E-state index contributed by atoms with van der Waals surface area (Å²) in [5.41, 5.74) is 1.23. The minimum absolute atomic E-state index is 0.0134. The van der Waals surface area contributed by atoms with Crippen LogP contribution in [0.4, 0.5) is 0 Å². The molecule has 0 aromatic heterocycles. The van der Waals surface area contributed by atoms with E-state index in [1.807, 2.05) is 18.2 Å². The average molecular weight is 244 g/mol. The largest absolute Gasteiger partial charge is 0.297 e. The summed E-state index contributed by atoms with van der Waals surface area (Å²) in [6, 6.07) is 10.2. The van der Waals surface area contributed by atoms with E-state index in [2.05, 4.69) is 17.0 Å². The molecule has 2 amide bonds. The van der Waals surface area contributed by atoms with Crippen molar-refractivity contribution in [1.29, 1.82) is 0 Å². The van der Waals surface area contributed by atoms with Gasteiger partial charge in [0.15, 0.2) is 0 Å². The van der Waals surface area contributed by atoms with E-state index in [-0.39, 0.29) is 23.7 Å². The van der Waals surface area contributed by atoms with Gasteiger partial charge in [-0.15, -0.1) is 0 Å². The number of hydrogen-bond donors (Lipinski definition) is 0. The van der Waals surface area contributed by atoms with Crippen molar-refractivity contribution < 1.29 is 9.59 Å². The van der Waals surface area contributed by atoms with Crippen molar-refractivity contribution in [2.24, 2.45) is 11.8 Å². The van der Waals surface area contributed by atoms with Crippen molar-refractivity contribution >= 4 is 11.8 Å². The van der Waals surface area contributed by atoms with Gasteiger partial charge in [0.1, 0.15) is 0 Å². The van der Waals surface area contributed by atoms with E-state index in [1.165, 1.54) is 10.5 Å². The van der Waals surface area contributed by atoms with Gasteiger partial charge in [-0.2, -0.15) is 0 Å². The number of hydrogen-bond acceptors (Lipinski definition) is 3. The molecule has 0 bridgehead atoms. The Kier molecular flexibility index (Phi) is 2.67. The number of imide groups is 1. The van der Waals surface area contributed by atoms with Crippen LogP contribution in [0.2, 0.25) is 0 Å². The van der Waals surface area contributed by atoms with Gasteiger partial charge in [-0.25, -0.2) is 0 Å². The third kappa shape index (κ3) is 1.73. The molecule has 2 aliphatic heterocycles. The summed E-state index contributed by atoms with van der Waals surface area (Å²) in [5.74, 6) is -0.265. The summed E-state index contributed by atoms with van der Waals surface area (Å²) in [6.07, 6.45) is 0. The lowest BCUT2D eigenvalue weighted by molar-refractivity contribution is -0.138. The van der Waals surface area contributed by atoms with Crippen LogP contribution in [0.15, 0.2) is 30.3 Å². The minimum Gasteiger partial charge on any atom is -0.297 e. The van der Waals surface area contributed by atoms with E-state index in [4.69, 9.17) is 0 Å². The third-order valence-corrected chi connectivity index (χ3v) is 3.94. The molecule has 4 heteroatoms. The Morgan fingerprint density at radius 3 is 2.17 bits per heavy atom. The van der Waals surface area contributed by atoms with E-state index >= 15 is 0 Å². The maximum atomic E-state index is 11.9. The molecule has 1 aromatic carbocycles. The normalized spacial score (nSPS) is 27.9. The van der Waals surface area contributed by atoms with Crippen LogP contribution in [0.25, 0.3) is 0 Å². The van der Waals surface area contributed by atoms with Crippen LogP contribution in [-0.2, 0) is 16.1 Å². The van der Waals surface area contributed by atoms with Gasteiger partial charge in [0, 0.05) is 26.7 Å². The van der Waals surface area contributed by atoms with Crippen molar-refractivity contribution in [3.05, 3.63) is 35.9 Å². The monoisotopic (exact) mass is 244 g/mol. The molecule has 2 aliphatic rings. The molecule has 0 saturated carbocycles. The molecule has 94 valence electrons. The number of likely N-dealkylation sites (tertiary alicyclic amines) is 2. The Bertz CT molecular complexity index is 462. The number of fused-ring (bicyclic) bond motifs is 1. The van der Waals surface area contributed by atoms with Crippen LogP contribution in [0.1, 0.15) is 5.56 Å². The molecule has 0 N–H and O–H groups in total. The minimum atomic E-state index is -0.119. The van der Waals surface area contributed by atoms with Gasteiger partial charge in [-0.3, -0.25) is 19.4 Å². The third-order valence-electron chi connectivity index (χ3n) is 3.94. The quantitative estimate of drug-likeness (QED) is 0.720. The van der Waals surface area contributed by atoms with Crippen molar-refractivity contribution in [3.63, 3.8) is 0 Å². The van der Waals surface area contributed by atoms with Gasteiger partial charge in [0.05, 0.1) is 11.8 Å². The fraction of sp³-hybridized carbons (Fsp3) is 0.429. The van der Waals surface area contributed by atoms with Crippen LogP contribution in [0.3, 0.4) is 0 Å². The highest BCUT2D eigenvalue weighted by atomic mass is 16.2. The zero-order valence-corrected chi connectivity index (χ0v) is 10.4. The molecule has 2 saturated heterocycles. The predicted octanol–water partition coefficient (Wildman–Crippen LogP) is 0.733. The lowest BCUT2D eigenvalue weighted by atomic mass is 10.00. The SMILES string of the molecule is CN1C(=O)[C@H]2CN(Cc3ccccc3)C[C@H]2C1=O. The smallest absolute Gasteiger partial charge is 0.234 e. The summed E-state index contributed by atoms with van der Waals surface area (Å²) >= 11 is 0. The molecule has 2 atom stereocenters. The zero-order valence-electron chi connectivity index (χ0n) is 10.4. The topological polar surface area (TPSA) is 40.6 Å². The summed E-state index contributed by atoms with van der Waals surface area (Å²) < 4.78 is 0. The second kappa shape index (κ2) is 4.21. The zero-order chi connectivity index (χ0) is 12.7. The first-order valence-corrected chi connectivity index (χ1v) is 6.24. The highest BCUT2D eigenvalue weighted by Gasteiger charge is 2.50. The van der Waals surface area contributed by atoms with Gasteiger partial charge in [0.25, 0.3) is 0 Å². The van der Waals surface area contributed by atoms with Crippen molar-refractivity contribution in [3.8, 4) is 0 Å². The second-order valence-electron chi connectivity index (χ2n) is 5.13. The average Bonchev–Trinajstić information content (AvgIpc) is 2.88. The number of nitrogens with zero attached hydrogens (tertiary/aromatic N) is 2. The molecule has 3 rings (SSSR count). The van der Waals surface area contributed by atoms with Crippen molar-refractivity contribution in [2.75, 3.05) is 20.1 Å². The molecule has 0 radical (unpaired) electrons. The summed E-state index contributed by atoms with van der Waals surface area (Å²) in [6.45, 7) is 2.22. The molecule has 4 nitrogen and oxygen atoms in total. The predicted molar refractivity (Wildman–Crippen MR) is 66.5 cm³/mol. The Morgan fingerprint density at radius 1 is 1.06 bits per heavy atom. The summed E-state index contributed by atoms with van der Waals surface area (Å²) in [7, 11) is 1.59. The van der Waals surface area contributed by atoms with E-state index in [0.717, 1.165) is 6.54 Å². The van der Waals surface area contributed by atoms with Crippen LogP contribution < -0.4 is 0 Å². The maximum Gasteiger partial charge on any atom is 0.234 e. The van der Waals surface area contributed by atoms with Crippen LogP contribution in [0, 0.1) is 11.8 Å². The lowest BCUT2D eigenvalue weighted by Gasteiger charge is -2.18. The first-order valence-electron chi connectivity index (χ1n) is 6.24. The fourth-order valence-electron chi connectivity index (χ4n) is 2.96.